The first kappa shape index (κ1) is 20.8. The van der Waals surface area contributed by atoms with Crippen molar-refractivity contribution in [1.29, 1.82) is 0 Å². The zero-order valence-corrected chi connectivity index (χ0v) is 19.2. The quantitative estimate of drug-likeness (QED) is 0.360. The van der Waals surface area contributed by atoms with Crippen molar-refractivity contribution < 1.29 is 4.39 Å². The van der Waals surface area contributed by atoms with Crippen LogP contribution in [0, 0.1) is 5.82 Å². The molecule has 1 atom stereocenters. The van der Waals surface area contributed by atoms with Crippen molar-refractivity contribution in [2.75, 3.05) is 5.32 Å². The van der Waals surface area contributed by atoms with Crippen molar-refractivity contribution in [2.45, 2.75) is 51.5 Å². The molecule has 4 heterocycles. The molecule has 8 heteroatoms. The van der Waals surface area contributed by atoms with Crippen molar-refractivity contribution in [3.8, 4) is 11.4 Å². The van der Waals surface area contributed by atoms with Crippen molar-refractivity contribution in [3.05, 3.63) is 71.6 Å². The van der Waals surface area contributed by atoms with Crippen LogP contribution in [0.1, 0.15) is 49.4 Å². The van der Waals surface area contributed by atoms with E-state index in [2.05, 4.69) is 58.5 Å². The summed E-state index contributed by atoms with van der Waals surface area (Å²) in [5.41, 5.74) is 6.26. The van der Waals surface area contributed by atoms with E-state index in [0.717, 1.165) is 36.9 Å². The average Bonchev–Trinajstić information content (AvgIpc) is 3.36. The van der Waals surface area contributed by atoms with Gasteiger partial charge in [0.25, 0.3) is 0 Å². The molecule has 0 saturated carbocycles. The lowest BCUT2D eigenvalue weighted by Crippen LogP contribution is -2.23. The lowest BCUT2D eigenvalue weighted by atomic mass is 10.1. The largest absolute Gasteiger partial charge is 0.358 e. The minimum Gasteiger partial charge on any atom is -0.358 e. The molecular formula is C26H26FN7. The van der Waals surface area contributed by atoms with Gasteiger partial charge in [-0.15, -0.1) is 0 Å². The zero-order chi connectivity index (χ0) is 23.2. The van der Waals surface area contributed by atoms with Gasteiger partial charge in [-0.3, -0.25) is 4.98 Å². The van der Waals surface area contributed by atoms with E-state index >= 15 is 0 Å². The Morgan fingerprint density at radius 2 is 1.94 bits per heavy atom. The predicted octanol–water partition coefficient (Wildman–Crippen LogP) is 5.29. The molecule has 0 fully saturated rings. The van der Waals surface area contributed by atoms with Crippen molar-refractivity contribution in [3.63, 3.8) is 0 Å². The number of pyridine rings is 1. The Morgan fingerprint density at radius 3 is 2.79 bits per heavy atom. The maximum absolute atomic E-state index is 13.9. The van der Waals surface area contributed by atoms with E-state index < -0.39 is 5.82 Å². The summed E-state index contributed by atoms with van der Waals surface area (Å²) < 4.78 is 15.7. The Hall–Kier alpha value is -3.81. The molecule has 7 nitrogen and oxygen atoms in total. The van der Waals surface area contributed by atoms with Gasteiger partial charge >= 0.3 is 0 Å². The van der Waals surface area contributed by atoms with Gasteiger partial charge in [0, 0.05) is 40.0 Å². The number of para-hydroxylation sites is 1. The summed E-state index contributed by atoms with van der Waals surface area (Å²) in [5.74, 6) is 0.894. The highest BCUT2D eigenvalue weighted by Crippen LogP contribution is 2.30. The second kappa shape index (κ2) is 8.20. The molecule has 6 rings (SSSR count). The third-order valence-electron chi connectivity index (χ3n) is 6.70. The fraction of sp³-hybridized carbons (Fsp3) is 0.308. The number of benzene rings is 1. The van der Waals surface area contributed by atoms with E-state index in [4.69, 9.17) is 9.97 Å². The summed E-state index contributed by atoms with van der Waals surface area (Å²) in [6.07, 6.45) is 8.53. The number of aromatic nitrogens is 6. The van der Waals surface area contributed by atoms with Gasteiger partial charge in [-0.1, -0.05) is 32.0 Å². The van der Waals surface area contributed by atoms with Crippen molar-refractivity contribution in [1.82, 2.24) is 29.5 Å². The number of anilines is 1. The SMILES string of the molecule is CC(C)c1cnn2c(N[C@@H]3CCc4[nH]c5ccccc5c4CC3)nc(-c3cncc(F)c3)nc12. The highest BCUT2D eigenvalue weighted by Gasteiger charge is 2.22. The molecule has 34 heavy (non-hydrogen) atoms. The van der Waals surface area contributed by atoms with Crippen LogP contribution < -0.4 is 5.32 Å². The molecule has 0 spiro atoms. The number of hydrogen-bond donors (Lipinski definition) is 2. The topological polar surface area (TPSA) is 83.8 Å². The summed E-state index contributed by atoms with van der Waals surface area (Å²) in [7, 11) is 0. The smallest absolute Gasteiger partial charge is 0.228 e. The standard InChI is InChI=1S/C26H26FN7/c1-15(2)21-14-29-34-25(21)32-24(16-11-17(27)13-28-12-16)33-26(34)30-18-7-9-20-19-5-3-4-6-22(19)31-23(20)10-8-18/h3-6,11-15,18,31H,7-10H2,1-2H3,(H,30,32,33)/t18-/m0/s1. The van der Waals surface area contributed by atoms with Gasteiger partial charge < -0.3 is 10.3 Å². The fourth-order valence-electron chi connectivity index (χ4n) is 4.92. The molecule has 2 N–H and O–H groups in total. The number of nitrogens with one attached hydrogen (secondary N) is 2. The number of aryl methyl sites for hydroxylation is 2. The van der Waals surface area contributed by atoms with Crippen LogP contribution in [0.4, 0.5) is 10.3 Å². The Bertz CT molecular complexity index is 1500. The third kappa shape index (κ3) is 3.59. The molecule has 0 radical (unpaired) electrons. The lowest BCUT2D eigenvalue weighted by Gasteiger charge is -2.18. The van der Waals surface area contributed by atoms with E-state index in [0.29, 0.717) is 17.3 Å². The van der Waals surface area contributed by atoms with Crippen molar-refractivity contribution >= 4 is 22.5 Å². The molecule has 172 valence electrons. The molecule has 5 aromatic rings. The van der Waals surface area contributed by atoms with Gasteiger partial charge in [-0.2, -0.15) is 14.6 Å². The second-order valence-corrected chi connectivity index (χ2v) is 9.30. The monoisotopic (exact) mass is 455 g/mol. The number of aromatic amines is 1. The van der Waals surface area contributed by atoms with Crippen LogP contribution in [-0.2, 0) is 12.8 Å². The lowest BCUT2D eigenvalue weighted by molar-refractivity contribution is 0.615. The summed E-state index contributed by atoms with van der Waals surface area (Å²) >= 11 is 0. The molecule has 1 aliphatic carbocycles. The molecule has 4 aromatic heterocycles. The Kier molecular flexibility index (Phi) is 5.01. The minimum absolute atomic E-state index is 0.225. The fourth-order valence-corrected chi connectivity index (χ4v) is 4.92. The molecule has 1 aliphatic rings. The van der Waals surface area contributed by atoms with Crippen LogP contribution in [0.2, 0.25) is 0 Å². The van der Waals surface area contributed by atoms with E-state index in [1.165, 1.54) is 34.4 Å². The number of nitrogens with zero attached hydrogens (tertiary/aromatic N) is 5. The summed E-state index contributed by atoms with van der Waals surface area (Å²) in [6, 6.07) is 10.2. The minimum atomic E-state index is -0.412. The van der Waals surface area contributed by atoms with Crippen LogP contribution >= 0.6 is 0 Å². The van der Waals surface area contributed by atoms with Crippen molar-refractivity contribution in [2.24, 2.45) is 0 Å². The normalized spacial score (nSPS) is 16.2. The predicted molar refractivity (Wildman–Crippen MR) is 130 cm³/mol. The van der Waals surface area contributed by atoms with Gasteiger partial charge in [-0.25, -0.2) is 9.37 Å². The highest BCUT2D eigenvalue weighted by atomic mass is 19.1. The highest BCUT2D eigenvalue weighted by molar-refractivity contribution is 5.84. The zero-order valence-electron chi connectivity index (χ0n) is 19.2. The molecule has 0 aliphatic heterocycles. The Balaban J connectivity index is 1.36. The third-order valence-corrected chi connectivity index (χ3v) is 6.70. The first-order valence-electron chi connectivity index (χ1n) is 11.8. The summed E-state index contributed by atoms with van der Waals surface area (Å²) in [5, 5.41) is 9.54. The molecule has 0 bridgehead atoms. The summed E-state index contributed by atoms with van der Waals surface area (Å²) in [4.78, 5) is 17.1. The average molecular weight is 456 g/mol. The number of rotatable bonds is 4. The first-order valence-corrected chi connectivity index (χ1v) is 11.8. The molecule has 1 aromatic carbocycles. The van der Waals surface area contributed by atoms with Crippen LogP contribution in [0.5, 0.6) is 0 Å². The maximum atomic E-state index is 13.9. The van der Waals surface area contributed by atoms with Crippen LogP contribution in [-0.4, -0.2) is 35.6 Å². The molecule has 0 saturated heterocycles. The van der Waals surface area contributed by atoms with E-state index in [1.54, 1.807) is 10.7 Å². The number of hydrogen-bond acceptors (Lipinski definition) is 5. The van der Waals surface area contributed by atoms with Gasteiger partial charge in [-0.05, 0) is 49.3 Å². The van der Waals surface area contributed by atoms with Gasteiger partial charge in [0.2, 0.25) is 5.95 Å². The maximum Gasteiger partial charge on any atom is 0.228 e. The van der Waals surface area contributed by atoms with E-state index in [1.807, 2.05) is 6.20 Å². The Labute approximate surface area is 196 Å². The number of H-pyrrole nitrogens is 1. The second-order valence-electron chi connectivity index (χ2n) is 9.30. The van der Waals surface area contributed by atoms with Crippen LogP contribution in [0.3, 0.4) is 0 Å². The van der Waals surface area contributed by atoms with E-state index in [-0.39, 0.29) is 12.0 Å². The summed E-state index contributed by atoms with van der Waals surface area (Å²) in [6.45, 7) is 4.22. The van der Waals surface area contributed by atoms with E-state index in [9.17, 15) is 4.39 Å². The van der Waals surface area contributed by atoms with Gasteiger partial charge in [0.15, 0.2) is 11.5 Å². The van der Waals surface area contributed by atoms with Crippen LogP contribution in [0.15, 0.2) is 48.9 Å². The molecular weight excluding hydrogens is 429 g/mol. The molecule has 0 unspecified atom stereocenters. The van der Waals surface area contributed by atoms with Crippen LogP contribution in [0.25, 0.3) is 27.9 Å². The first-order chi connectivity index (χ1) is 16.6. The van der Waals surface area contributed by atoms with Gasteiger partial charge in [0.1, 0.15) is 5.82 Å². The number of halogens is 1. The number of fused-ring (bicyclic) bond motifs is 4. The Morgan fingerprint density at radius 1 is 1.09 bits per heavy atom. The van der Waals surface area contributed by atoms with Gasteiger partial charge in [0.05, 0.1) is 12.4 Å². The molecule has 0 amide bonds.